The van der Waals surface area contributed by atoms with Crippen molar-refractivity contribution in [3.05, 3.63) is 64.1 Å². The van der Waals surface area contributed by atoms with Crippen LogP contribution in [0.15, 0.2) is 42.5 Å². The maximum atomic E-state index is 13.0. The molecule has 0 unspecified atom stereocenters. The Morgan fingerprint density at radius 1 is 1.03 bits per heavy atom. The highest BCUT2D eigenvalue weighted by Gasteiger charge is 2.35. The number of rotatable bonds is 6. The van der Waals surface area contributed by atoms with Crippen molar-refractivity contribution in [3.8, 4) is 0 Å². The molecule has 2 atom stereocenters. The molecule has 0 aliphatic heterocycles. The summed E-state index contributed by atoms with van der Waals surface area (Å²) in [7, 11) is 0. The first kappa shape index (κ1) is 20.3. The molecule has 0 fully saturated rings. The van der Waals surface area contributed by atoms with Gasteiger partial charge in [0.05, 0.1) is 17.4 Å². The highest BCUT2D eigenvalue weighted by Crippen LogP contribution is 2.40. The highest BCUT2D eigenvalue weighted by molar-refractivity contribution is 7.17. The van der Waals surface area contributed by atoms with Gasteiger partial charge in [-0.2, -0.15) is 0 Å². The van der Waals surface area contributed by atoms with Crippen LogP contribution in [-0.4, -0.2) is 22.9 Å². The summed E-state index contributed by atoms with van der Waals surface area (Å²) < 4.78 is 0. The molecule has 1 heterocycles. The van der Waals surface area contributed by atoms with Crippen LogP contribution in [0.2, 0.25) is 0 Å². The van der Waals surface area contributed by atoms with Crippen molar-refractivity contribution in [2.24, 2.45) is 11.8 Å². The number of carboxylic acid groups (broad SMARTS) is 1. The van der Waals surface area contributed by atoms with Crippen LogP contribution >= 0.6 is 11.3 Å². The lowest BCUT2D eigenvalue weighted by Crippen LogP contribution is -2.35. The zero-order valence-corrected chi connectivity index (χ0v) is 17.3. The molecule has 0 saturated carbocycles. The number of aliphatic carboxylic acids is 1. The average Bonchev–Trinajstić information content (AvgIpc) is 3.33. The Balaban J connectivity index is 1.54. The number of carboxylic acids is 1. The van der Waals surface area contributed by atoms with Crippen LogP contribution in [0, 0.1) is 11.8 Å². The Bertz CT molecular complexity index is 996. The second kappa shape index (κ2) is 8.83. The molecule has 0 saturated heterocycles. The van der Waals surface area contributed by atoms with Gasteiger partial charge in [0.25, 0.3) is 5.91 Å². The van der Waals surface area contributed by atoms with E-state index in [1.165, 1.54) is 11.3 Å². The van der Waals surface area contributed by atoms with Gasteiger partial charge in [0.2, 0.25) is 5.91 Å². The molecule has 7 heteroatoms. The summed E-state index contributed by atoms with van der Waals surface area (Å²) in [5.74, 6) is -2.87. The van der Waals surface area contributed by atoms with Crippen LogP contribution in [-0.2, 0) is 29.0 Å². The number of benzene rings is 1. The third kappa shape index (κ3) is 4.16. The molecule has 3 N–H and O–H groups in total. The second-order valence-electron chi connectivity index (χ2n) is 7.71. The molecular weight excluding hydrogens is 400 g/mol. The third-order valence-electron chi connectivity index (χ3n) is 5.77. The average molecular weight is 425 g/mol. The standard InChI is InChI=1S/C23H24N2O4S/c26-20(15-9-4-5-10-16(15)23(28)29)25-22-19(17-11-6-12-18(17)30-22)21(27)24-13-14-7-2-1-3-8-14/h1-5,7-8,15-16H,6,9-13H2,(H,24,27)(H,25,26)(H,28,29)/t15-,16-/m0/s1. The minimum Gasteiger partial charge on any atom is -0.481 e. The van der Waals surface area contributed by atoms with Crippen molar-refractivity contribution in [1.29, 1.82) is 0 Å². The Labute approximate surface area is 179 Å². The van der Waals surface area contributed by atoms with Crippen LogP contribution in [0.5, 0.6) is 0 Å². The first-order valence-electron chi connectivity index (χ1n) is 10.2. The van der Waals surface area contributed by atoms with E-state index in [0.29, 0.717) is 30.0 Å². The van der Waals surface area contributed by atoms with Gasteiger partial charge in [-0.15, -0.1) is 11.3 Å². The van der Waals surface area contributed by atoms with Crippen molar-refractivity contribution >= 4 is 34.1 Å². The summed E-state index contributed by atoms with van der Waals surface area (Å²) in [6.07, 6.45) is 7.12. The van der Waals surface area contributed by atoms with Crippen molar-refractivity contribution in [2.45, 2.75) is 38.6 Å². The highest BCUT2D eigenvalue weighted by atomic mass is 32.1. The van der Waals surface area contributed by atoms with Crippen molar-refractivity contribution in [1.82, 2.24) is 5.32 Å². The van der Waals surface area contributed by atoms with E-state index in [1.54, 1.807) is 0 Å². The lowest BCUT2D eigenvalue weighted by Gasteiger charge is -2.24. The summed E-state index contributed by atoms with van der Waals surface area (Å²) in [6, 6.07) is 9.67. The van der Waals surface area contributed by atoms with Gasteiger partial charge in [-0.05, 0) is 43.2 Å². The third-order valence-corrected chi connectivity index (χ3v) is 6.97. The summed E-state index contributed by atoms with van der Waals surface area (Å²) in [4.78, 5) is 38.6. The summed E-state index contributed by atoms with van der Waals surface area (Å²) in [5, 5.41) is 15.9. The fourth-order valence-electron chi connectivity index (χ4n) is 4.18. The minimum absolute atomic E-state index is 0.202. The maximum absolute atomic E-state index is 13.0. The lowest BCUT2D eigenvalue weighted by atomic mass is 9.82. The van der Waals surface area contributed by atoms with Gasteiger partial charge < -0.3 is 15.7 Å². The fourth-order valence-corrected chi connectivity index (χ4v) is 5.47. The molecule has 0 bridgehead atoms. The molecule has 2 aromatic rings. The first-order chi connectivity index (χ1) is 14.5. The molecule has 2 amide bonds. The summed E-state index contributed by atoms with van der Waals surface area (Å²) in [5.41, 5.74) is 2.55. The molecule has 4 rings (SSSR count). The maximum Gasteiger partial charge on any atom is 0.307 e. The zero-order valence-electron chi connectivity index (χ0n) is 16.5. The van der Waals surface area contributed by atoms with E-state index in [4.69, 9.17) is 0 Å². The van der Waals surface area contributed by atoms with E-state index in [2.05, 4.69) is 10.6 Å². The molecule has 1 aromatic heterocycles. The monoisotopic (exact) mass is 424 g/mol. The quantitative estimate of drug-likeness (QED) is 0.615. The smallest absolute Gasteiger partial charge is 0.307 e. The first-order valence-corrected chi connectivity index (χ1v) is 11.0. The molecule has 2 aliphatic carbocycles. The molecule has 6 nitrogen and oxygen atoms in total. The number of hydrogen-bond donors (Lipinski definition) is 3. The number of fused-ring (bicyclic) bond motifs is 1. The molecule has 2 aliphatic rings. The SMILES string of the molecule is O=C(NCc1ccccc1)c1c(NC(=O)[C@H]2CC=CC[C@@H]2C(=O)O)sc2c1CCC2. The zero-order chi connectivity index (χ0) is 21.1. The number of aryl methyl sites for hydroxylation is 1. The number of anilines is 1. The molecule has 1 aromatic carbocycles. The van der Waals surface area contributed by atoms with E-state index in [9.17, 15) is 19.5 Å². The summed E-state index contributed by atoms with van der Waals surface area (Å²) >= 11 is 1.44. The van der Waals surface area contributed by atoms with Gasteiger partial charge in [-0.1, -0.05) is 42.5 Å². The Morgan fingerprint density at radius 2 is 1.77 bits per heavy atom. The van der Waals surface area contributed by atoms with E-state index in [0.717, 1.165) is 35.3 Å². The van der Waals surface area contributed by atoms with Crippen LogP contribution in [0.25, 0.3) is 0 Å². The predicted octanol–water partition coefficient (Wildman–Crippen LogP) is 3.77. The Kier molecular flexibility index (Phi) is 5.99. The van der Waals surface area contributed by atoms with Crippen LogP contribution in [0.4, 0.5) is 5.00 Å². The van der Waals surface area contributed by atoms with E-state index < -0.39 is 17.8 Å². The predicted molar refractivity (Wildman–Crippen MR) is 116 cm³/mol. The molecule has 0 spiro atoms. The second-order valence-corrected chi connectivity index (χ2v) is 8.82. The van der Waals surface area contributed by atoms with Crippen LogP contribution in [0.3, 0.4) is 0 Å². The van der Waals surface area contributed by atoms with Crippen molar-refractivity contribution in [2.75, 3.05) is 5.32 Å². The Hall–Kier alpha value is -2.93. The number of nitrogens with one attached hydrogen (secondary N) is 2. The van der Waals surface area contributed by atoms with Gasteiger partial charge in [-0.3, -0.25) is 14.4 Å². The van der Waals surface area contributed by atoms with E-state index >= 15 is 0 Å². The van der Waals surface area contributed by atoms with Crippen LogP contribution < -0.4 is 10.6 Å². The number of thiophene rings is 1. The number of allylic oxidation sites excluding steroid dienone is 2. The minimum atomic E-state index is -0.964. The largest absolute Gasteiger partial charge is 0.481 e. The molecule has 156 valence electrons. The van der Waals surface area contributed by atoms with Gasteiger partial charge in [0.15, 0.2) is 0 Å². The number of carbonyl (C=O) groups excluding carboxylic acids is 2. The van der Waals surface area contributed by atoms with E-state index in [-0.39, 0.29) is 11.8 Å². The molecular formula is C23H24N2O4S. The molecule has 30 heavy (non-hydrogen) atoms. The number of hydrogen-bond acceptors (Lipinski definition) is 4. The number of carbonyl (C=O) groups is 3. The fraction of sp³-hybridized carbons (Fsp3) is 0.348. The summed E-state index contributed by atoms with van der Waals surface area (Å²) in [6.45, 7) is 0.409. The van der Waals surface area contributed by atoms with Crippen molar-refractivity contribution < 1.29 is 19.5 Å². The lowest BCUT2D eigenvalue weighted by molar-refractivity contribution is -0.146. The van der Waals surface area contributed by atoms with Crippen LogP contribution in [0.1, 0.15) is 45.6 Å². The van der Waals surface area contributed by atoms with Crippen molar-refractivity contribution in [3.63, 3.8) is 0 Å². The van der Waals surface area contributed by atoms with Gasteiger partial charge >= 0.3 is 5.97 Å². The number of amides is 2. The van der Waals surface area contributed by atoms with Gasteiger partial charge in [0, 0.05) is 11.4 Å². The van der Waals surface area contributed by atoms with Gasteiger partial charge in [-0.25, -0.2) is 0 Å². The Morgan fingerprint density at radius 3 is 2.50 bits per heavy atom. The van der Waals surface area contributed by atoms with E-state index in [1.807, 2.05) is 42.5 Å². The molecule has 0 radical (unpaired) electrons. The van der Waals surface area contributed by atoms with Gasteiger partial charge in [0.1, 0.15) is 5.00 Å². The normalized spacial score (nSPS) is 19.9. The topological polar surface area (TPSA) is 95.5 Å².